The van der Waals surface area contributed by atoms with Crippen molar-refractivity contribution in [3.8, 4) is 5.75 Å². The van der Waals surface area contributed by atoms with Crippen molar-refractivity contribution in [2.45, 2.75) is 45.8 Å². The molecule has 5 heteroatoms. The zero-order valence-electron chi connectivity index (χ0n) is 15.2. The van der Waals surface area contributed by atoms with Crippen molar-refractivity contribution >= 4 is 11.0 Å². The van der Waals surface area contributed by atoms with Crippen LogP contribution in [0.15, 0.2) is 42.5 Å². The summed E-state index contributed by atoms with van der Waals surface area (Å²) in [5, 5.41) is 18.5. The maximum atomic E-state index is 10.3. The summed E-state index contributed by atoms with van der Waals surface area (Å²) in [6.45, 7) is 9.16. The summed E-state index contributed by atoms with van der Waals surface area (Å²) in [5.41, 5.74) is 4.19. The Hall–Kier alpha value is -2.40. The first-order valence-corrected chi connectivity index (χ1v) is 8.55. The molecule has 1 atom stereocenters. The fraction of sp³-hybridized carbons (Fsp3) is 0.400. The Bertz CT molecular complexity index is 865. The number of fused-ring (bicyclic) bond motifs is 1. The first-order chi connectivity index (χ1) is 11.8. The molecule has 1 aromatic heterocycles. The number of hydrogen-bond acceptors (Lipinski definition) is 4. The summed E-state index contributed by atoms with van der Waals surface area (Å²) in [6.07, 6.45) is -0.660. The van der Waals surface area contributed by atoms with Crippen LogP contribution in [0.4, 0.5) is 0 Å². The smallest absolute Gasteiger partial charge is 0.122 e. The lowest BCUT2D eigenvalue weighted by molar-refractivity contribution is 0.0896. The minimum Gasteiger partial charge on any atom is -0.491 e. The van der Waals surface area contributed by atoms with E-state index in [9.17, 15) is 5.11 Å². The van der Waals surface area contributed by atoms with Gasteiger partial charge in [-0.05, 0) is 41.7 Å². The van der Waals surface area contributed by atoms with Crippen LogP contribution in [0, 0.1) is 6.92 Å². The highest BCUT2D eigenvalue weighted by atomic mass is 16.5. The van der Waals surface area contributed by atoms with Crippen LogP contribution in [-0.4, -0.2) is 32.8 Å². The Kier molecular flexibility index (Phi) is 4.77. The van der Waals surface area contributed by atoms with Crippen molar-refractivity contribution in [1.29, 1.82) is 0 Å². The van der Waals surface area contributed by atoms with Crippen molar-refractivity contribution < 1.29 is 9.84 Å². The Morgan fingerprint density at radius 2 is 1.92 bits per heavy atom. The largest absolute Gasteiger partial charge is 0.491 e. The van der Waals surface area contributed by atoms with Crippen molar-refractivity contribution in [1.82, 2.24) is 15.0 Å². The van der Waals surface area contributed by atoms with Crippen molar-refractivity contribution in [2.75, 3.05) is 6.61 Å². The van der Waals surface area contributed by atoms with Gasteiger partial charge < -0.3 is 9.84 Å². The Labute approximate surface area is 148 Å². The number of aliphatic hydroxyl groups is 1. The zero-order valence-corrected chi connectivity index (χ0v) is 15.2. The molecule has 0 saturated carbocycles. The number of aromatic nitrogens is 3. The molecule has 25 heavy (non-hydrogen) atoms. The number of para-hydroxylation sites is 1. The zero-order chi connectivity index (χ0) is 18.0. The first kappa shape index (κ1) is 17.4. The third-order valence-electron chi connectivity index (χ3n) is 4.28. The summed E-state index contributed by atoms with van der Waals surface area (Å²) in [4.78, 5) is 0. The Morgan fingerprint density at radius 3 is 2.64 bits per heavy atom. The molecule has 1 unspecified atom stereocenters. The van der Waals surface area contributed by atoms with Gasteiger partial charge in [-0.1, -0.05) is 50.3 Å². The van der Waals surface area contributed by atoms with E-state index in [2.05, 4.69) is 43.2 Å². The van der Waals surface area contributed by atoms with E-state index in [0.717, 1.165) is 22.3 Å². The SMILES string of the molecule is Cc1cc(C(C)(C)C)ccc1OCC(O)Cn1nnc2ccccc21. The second-order valence-corrected chi connectivity index (χ2v) is 7.46. The summed E-state index contributed by atoms with van der Waals surface area (Å²) >= 11 is 0. The maximum Gasteiger partial charge on any atom is 0.122 e. The van der Waals surface area contributed by atoms with E-state index in [1.54, 1.807) is 4.68 Å². The number of rotatable bonds is 5. The lowest BCUT2D eigenvalue weighted by Gasteiger charge is -2.21. The van der Waals surface area contributed by atoms with Crippen LogP contribution in [0.5, 0.6) is 5.75 Å². The highest BCUT2D eigenvalue weighted by Crippen LogP contribution is 2.27. The van der Waals surface area contributed by atoms with Crippen molar-refractivity contribution in [3.05, 3.63) is 53.6 Å². The topological polar surface area (TPSA) is 60.2 Å². The highest BCUT2D eigenvalue weighted by molar-refractivity contribution is 5.73. The molecule has 132 valence electrons. The molecule has 0 aliphatic rings. The molecule has 0 aliphatic carbocycles. The summed E-state index contributed by atoms with van der Waals surface area (Å²) in [5.74, 6) is 0.801. The highest BCUT2D eigenvalue weighted by Gasteiger charge is 2.16. The number of benzene rings is 2. The molecule has 0 bridgehead atoms. The predicted molar refractivity (Wildman–Crippen MR) is 98.9 cm³/mol. The third kappa shape index (κ3) is 3.99. The van der Waals surface area contributed by atoms with E-state index >= 15 is 0 Å². The van der Waals surface area contributed by atoms with Gasteiger partial charge in [-0.3, -0.25) is 0 Å². The molecule has 1 heterocycles. The Morgan fingerprint density at radius 1 is 1.16 bits per heavy atom. The minimum absolute atomic E-state index is 0.108. The second kappa shape index (κ2) is 6.84. The molecule has 0 amide bonds. The molecule has 0 aliphatic heterocycles. The molecule has 0 spiro atoms. The molecular formula is C20H25N3O2. The van der Waals surface area contributed by atoms with Crippen LogP contribution < -0.4 is 4.74 Å². The van der Waals surface area contributed by atoms with Gasteiger partial charge >= 0.3 is 0 Å². The van der Waals surface area contributed by atoms with Crippen molar-refractivity contribution in [2.24, 2.45) is 0 Å². The number of aliphatic hydroxyl groups excluding tert-OH is 1. The monoisotopic (exact) mass is 339 g/mol. The Balaban J connectivity index is 1.63. The van der Waals surface area contributed by atoms with Gasteiger partial charge in [0.1, 0.15) is 24.0 Å². The van der Waals surface area contributed by atoms with E-state index in [4.69, 9.17) is 4.74 Å². The van der Waals surface area contributed by atoms with Gasteiger partial charge in [0.2, 0.25) is 0 Å². The van der Waals surface area contributed by atoms with Gasteiger partial charge in [0.15, 0.2) is 0 Å². The van der Waals surface area contributed by atoms with Crippen LogP contribution in [0.3, 0.4) is 0 Å². The summed E-state index contributed by atoms with van der Waals surface area (Å²) in [6, 6.07) is 13.9. The number of ether oxygens (including phenoxy) is 1. The number of aryl methyl sites for hydroxylation is 1. The number of nitrogens with zero attached hydrogens (tertiary/aromatic N) is 3. The van der Waals surface area contributed by atoms with Gasteiger partial charge in [0.05, 0.1) is 12.1 Å². The fourth-order valence-electron chi connectivity index (χ4n) is 2.77. The van der Waals surface area contributed by atoms with Crippen LogP contribution in [0.2, 0.25) is 0 Å². The molecule has 0 radical (unpaired) electrons. The molecule has 2 aromatic carbocycles. The molecular weight excluding hydrogens is 314 g/mol. The van der Waals surface area contributed by atoms with Crippen LogP contribution >= 0.6 is 0 Å². The molecule has 3 rings (SSSR count). The molecule has 5 nitrogen and oxygen atoms in total. The van der Waals surface area contributed by atoms with E-state index in [-0.39, 0.29) is 12.0 Å². The second-order valence-electron chi connectivity index (χ2n) is 7.46. The van der Waals surface area contributed by atoms with E-state index in [1.165, 1.54) is 5.56 Å². The minimum atomic E-state index is -0.660. The maximum absolute atomic E-state index is 10.3. The fourth-order valence-corrected chi connectivity index (χ4v) is 2.77. The predicted octanol–water partition coefficient (Wildman–Crippen LogP) is 3.48. The van der Waals surface area contributed by atoms with Gasteiger partial charge in [-0.15, -0.1) is 5.10 Å². The molecule has 0 fully saturated rings. The lowest BCUT2D eigenvalue weighted by Crippen LogP contribution is -2.24. The van der Waals surface area contributed by atoms with Crippen molar-refractivity contribution in [3.63, 3.8) is 0 Å². The molecule has 0 saturated heterocycles. The number of hydrogen-bond donors (Lipinski definition) is 1. The van der Waals surface area contributed by atoms with Crippen LogP contribution in [0.1, 0.15) is 31.9 Å². The average molecular weight is 339 g/mol. The molecule has 1 N–H and O–H groups in total. The van der Waals surface area contributed by atoms with E-state index < -0.39 is 6.10 Å². The third-order valence-corrected chi connectivity index (χ3v) is 4.28. The normalized spacial score (nSPS) is 13.2. The molecule has 3 aromatic rings. The quantitative estimate of drug-likeness (QED) is 0.773. The lowest BCUT2D eigenvalue weighted by atomic mass is 9.86. The van der Waals surface area contributed by atoms with E-state index in [0.29, 0.717) is 6.54 Å². The van der Waals surface area contributed by atoms with E-state index in [1.807, 2.05) is 37.3 Å². The van der Waals surface area contributed by atoms with Gasteiger partial charge in [-0.25, -0.2) is 4.68 Å². The van der Waals surface area contributed by atoms with Crippen LogP contribution in [0.25, 0.3) is 11.0 Å². The standard InChI is InChI=1S/C20H25N3O2/c1-14-11-15(20(2,3)4)9-10-19(14)25-13-16(24)12-23-18-8-6-5-7-17(18)21-22-23/h5-11,16,24H,12-13H2,1-4H3. The van der Waals surface area contributed by atoms with Gasteiger partial charge in [0.25, 0.3) is 0 Å². The summed E-state index contributed by atoms with van der Waals surface area (Å²) in [7, 11) is 0. The van der Waals surface area contributed by atoms with Crippen LogP contribution in [-0.2, 0) is 12.0 Å². The first-order valence-electron chi connectivity index (χ1n) is 8.55. The van der Waals surface area contributed by atoms with Gasteiger partial charge in [-0.2, -0.15) is 0 Å². The average Bonchev–Trinajstić information content (AvgIpc) is 2.96. The summed E-state index contributed by atoms with van der Waals surface area (Å²) < 4.78 is 7.52. The van der Waals surface area contributed by atoms with Gasteiger partial charge in [0, 0.05) is 0 Å².